The van der Waals surface area contributed by atoms with E-state index in [1.807, 2.05) is 25.2 Å². The number of nitrogens with zero attached hydrogens (tertiary/aromatic N) is 3. The first kappa shape index (κ1) is 15.5. The van der Waals surface area contributed by atoms with Gasteiger partial charge in [0.1, 0.15) is 5.82 Å². The smallest absolute Gasteiger partial charge is 0.225 e. The molecule has 2 aromatic rings. The van der Waals surface area contributed by atoms with Gasteiger partial charge in [-0.3, -0.25) is 0 Å². The zero-order valence-corrected chi connectivity index (χ0v) is 13.3. The summed E-state index contributed by atoms with van der Waals surface area (Å²) in [4.78, 5) is 11.4. The molecular formula is C16H24N4O. The van der Waals surface area contributed by atoms with Crippen LogP contribution in [0.2, 0.25) is 0 Å². The van der Waals surface area contributed by atoms with E-state index < -0.39 is 0 Å². The van der Waals surface area contributed by atoms with Gasteiger partial charge in [-0.2, -0.15) is 4.98 Å². The van der Waals surface area contributed by atoms with Crippen molar-refractivity contribution >= 4 is 22.7 Å². The van der Waals surface area contributed by atoms with E-state index in [4.69, 9.17) is 4.74 Å². The molecule has 1 atom stereocenters. The molecule has 5 heteroatoms. The van der Waals surface area contributed by atoms with Crippen molar-refractivity contribution in [3.05, 3.63) is 24.3 Å². The topological polar surface area (TPSA) is 50.3 Å². The molecule has 5 nitrogen and oxygen atoms in total. The average Bonchev–Trinajstić information content (AvgIpc) is 2.51. The highest BCUT2D eigenvalue weighted by atomic mass is 16.5. The second kappa shape index (κ2) is 7.22. The third-order valence-electron chi connectivity index (χ3n) is 3.52. The van der Waals surface area contributed by atoms with Crippen LogP contribution in [0.25, 0.3) is 10.9 Å². The zero-order chi connectivity index (χ0) is 15.2. The number of hydrogen-bond acceptors (Lipinski definition) is 5. The van der Waals surface area contributed by atoms with Crippen molar-refractivity contribution in [1.29, 1.82) is 0 Å². The molecule has 1 unspecified atom stereocenters. The van der Waals surface area contributed by atoms with Gasteiger partial charge in [0.2, 0.25) is 5.95 Å². The van der Waals surface area contributed by atoms with Crippen molar-refractivity contribution in [3.63, 3.8) is 0 Å². The van der Waals surface area contributed by atoms with Crippen molar-refractivity contribution < 1.29 is 4.74 Å². The Kier molecular flexibility index (Phi) is 5.33. The van der Waals surface area contributed by atoms with E-state index in [0.29, 0.717) is 12.6 Å². The Morgan fingerprint density at radius 1 is 1.29 bits per heavy atom. The lowest BCUT2D eigenvalue weighted by molar-refractivity contribution is 0.183. The largest absolute Gasteiger partial charge is 0.383 e. The van der Waals surface area contributed by atoms with E-state index >= 15 is 0 Å². The third-order valence-corrected chi connectivity index (χ3v) is 3.52. The summed E-state index contributed by atoms with van der Waals surface area (Å²) in [6.45, 7) is 5.78. The van der Waals surface area contributed by atoms with Gasteiger partial charge in [-0.05, 0) is 25.5 Å². The van der Waals surface area contributed by atoms with Gasteiger partial charge in [-0.1, -0.05) is 19.1 Å². The molecule has 0 radical (unpaired) electrons. The van der Waals surface area contributed by atoms with Gasteiger partial charge < -0.3 is 15.0 Å². The van der Waals surface area contributed by atoms with Crippen LogP contribution >= 0.6 is 0 Å². The Morgan fingerprint density at radius 3 is 2.76 bits per heavy atom. The number of ether oxygens (including phenoxy) is 1. The van der Waals surface area contributed by atoms with E-state index in [2.05, 4.69) is 40.1 Å². The number of benzene rings is 1. The van der Waals surface area contributed by atoms with Crippen molar-refractivity contribution in [3.8, 4) is 0 Å². The first-order valence-corrected chi connectivity index (χ1v) is 7.39. The SMILES string of the molecule is CCCNc1nc(N(C)C(C)COC)c2ccccc2n1. The minimum absolute atomic E-state index is 0.243. The van der Waals surface area contributed by atoms with Crippen molar-refractivity contribution in [2.24, 2.45) is 0 Å². The Hall–Kier alpha value is -1.88. The molecule has 114 valence electrons. The third kappa shape index (κ3) is 3.61. The van der Waals surface area contributed by atoms with E-state index in [9.17, 15) is 0 Å². The summed E-state index contributed by atoms with van der Waals surface area (Å²) in [6.07, 6.45) is 1.04. The molecule has 0 aliphatic rings. The molecular weight excluding hydrogens is 264 g/mol. The van der Waals surface area contributed by atoms with Gasteiger partial charge in [0.15, 0.2) is 0 Å². The van der Waals surface area contributed by atoms with Crippen LogP contribution in [0, 0.1) is 0 Å². The molecule has 0 aliphatic carbocycles. The van der Waals surface area contributed by atoms with Crippen LogP contribution in [-0.2, 0) is 4.74 Å². The van der Waals surface area contributed by atoms with Crippen LogP contribution in [0.1, 0.15) is 20.3 Å². The maximum Gasteiger partial charge on any atom is 0.225 e. The van der Waals surface area contributed by atoms with Crippen LogP contribution in [-0.4, -0.2) is 43.3 Å². The van der Waals surface area contributed by atoms with Crippen LogP contribution < -0.4 is 10.2 Å². The molecule has 0 saturated carbocycles. The normalized spacial score (nSPS) is 12.4. The molecule has 1 N–H and O–H groups in total. The summed E-state index contributed by atoms with van der Waals surface area (Å²) in [6, 6.07) is 8.34. The van der Waals surface area contributed by atoms with Gasteiger partial charge in [0.25, 0.3) is 0 Å². The van der Waals surface area contributed by atoms with Gasteiger partial charge in [-0.25, -0.2) is 4.98 Å². The van der Waals surface area contributed by atoms with Crippen molar-refractivity contribution in [2.75, 3.05) is 37.5 Å². The van der Waals surface area contributed by atoms with E-state index in [-0.39, 0.29) is 6.04 Å². The fourth-order valence-corrected chi connectivity index (χ4v) is 2.21. The number of methoxy groups -OCH3 is 1. The highest BCUT2D eigenvalue weighted by Gasteiger charge is 2.16. The van der Waals surface area contributed by atoms with Crippen LogP contribution in [0.3, 0.4) is 0 Å². The second-order valence-corrected chi connectivity index (χ2v) is 5.23. The minimum atomic E-state index is 0.243. The van der Waals surface area contributed by atoms with Gasteiger partial charge in [0, 0.05) is 26.1 Å². The van der Waals surface area contributed by atoms with E-state index in [0.717, 1.165) is 29.7 Å². The summed E-state index contributed by atoms with van der Waals surface area (Å²) >= 11 is 0. The quantitative estimate of drug-likeness (QED) is 0.849. The van der Waals surface area contributed by atoms with Gasteiger partial charge >= 0.3 is 0 Å². The molecule has 0 saturated heterocycles. The summed E-state index contributed by atoms with van der Waals surface area (Å²) in [5.41, 5.74) is 0.956. The number of anilines is 2. The molecule has 0 bridgehead atoms. The predicted octanol–water partition coefficient (Wildman–Crippen LogP) is 2.92. The van der Waals surface area contributed by atoms with E-state index in [1.54, 1.807) is 7.11 Å². The lowest BCUT2D eigenvalue weighted by atomic mass is 10.2. The molecule has 21 heavy (non-hydrogen) atoms. The lowest BCUT2D eigenvalue weighted by Gasteiger charge is -2.26. The maximum absolute atomic E-state index is 5.25. The molecule has 1 heterocycles. The predicted molar refractivity (Wildman–Crippen MR) is 88.1 cm³/mol. The van der Waals surface area contributed by atoms with Crippen molar-refractivity contribution in [1.82, 2.24) is 9.97 Å². The number of nitrogens with one attached hydrogen (secondary N) is 1. The fraction of sp³-hybridized carbons (Fsp3) is 0.500. The Bertz CT molecular complexity index is 587. The molecule has 2 rings (SSSR count). The standard InChI is InChI=1S/C16H24N4O/c1-5-10-17-16-18-14-9-7-6-8-13(14)15(19-16)20(3)12(2)11-21-4/h6-9,12H,5,10-11H2,1-4H3,(H,17,18,19). The van der Waals surface area contributed by atoms with Crippen LogP contribution in [0.4, 0.5) is 11.8 Å². The Labute approximate surface area is 126 Å². The van der Waals surface area contributed by atoms with Gasteiger partial charge in [0.05, 0.1) is 18.2 Å². The summed E-state index contributed by atoms with van der Waals surface area (Å²) in [5, 5.41) is 4.33. The average molecular weight is 288 g/mol. The van der Waals surface area contributed by atoms with Gasteiger partial charge in [-0.15, -0.1) is 0 Å². The molecule has 0 aliphatic heterocycles. The Balaban J connectivity index is 2.43. The molecule has 0 amide bonds. The fourth-order valence-electron chi connectivity index (χ4n) is 2.21. The number of hydrogen-bond donors (Lipinski definition) is 1. The molecule has 0 spiro atoms. The second-order valence-electron chi connectivity index (χ2n) is 5.23. The van der Waals surface area contributed by atoms with E-state index in [1.165, 1.54) is 0 Å². The minimum Gasteiger partial charge on any atom is -0.383 e. The van der Waals surface area contributed by atoms with Crippen molar-refractivity contribution in [2.45, 2.75) is 26.3 Å². The number of likely N-dealkylation sites (N-methyl/N-ethyl adjacent to an activating group) is 1. The lowest BCUT2D eigenvalue weighted by Crippen LogP contribution is -2.33. The number of aromatic nitrogens is 2. The summed E-state index contributed by atoms with van der Waals surface area (Å²) in [5.74, 6) is 1.62. The first-order chi connectivity index (χ1) is 10.2. The monoisotopic (exact) mass is 288 g/mol. The number of rotatable bonds is 7. The maximum atomic E-state index is 5.25. The zero-order valence-electron chi connectivity index (χ0n) is 13.3. The summed E-state index contributed by atoms with van der Waals surface area (Å²) in [7, 11) is 3.76. The molecule has 1 aromatic heterocycles. The van der Waals surface area contributed by atoms with Crippen LogP contribution in [0.15, 0.2) is 24.3 Å². The Morgan fingerprint density at radius 2 is 2.05 bits per heavy atom. The van der Waals surface area contributed by atoms with Crippen LogP contribution in [0.5, 0.6) is 0 Å². The molecule has 1 aromatic carbocycles. The molecule has 0 fully saturated rings. The number of fused-ring (bicyclic) bond motifs is 1. The number of para-hydroxylation sites is 1. The highest BCUT2D eigenvalue weighted by Crippen LogP contribution is 2.25. The first-order valence-electron chi connectivity index (χ1n) is 7.39. The summed E-state index contributed by atoms with van der Waals surface area (Å²) < 4.78 is 5.25. The highest BCUT2D eigenvalue weighted by molar-refractivity contribution is 5.90.